The third-order valence-corrected chi connectivity index (χ3v) is 1.87. The molecule has 4 heteroatoms. The van der Waals surface area contributed by atoms with Crippen molar-refractivity contribution >= 4 is 5.69 Å². The Morgan fingerprint density at radius 2 is 1.81 bits per heavy atom. The van der Waals surface area contributed by atoms with Gasteiger partial charge in [-0.1, -0.05) is 12.1 Å². The monoisotopic (exact) mass is 208 g/mol. The van der Waals surface area contributed by atoms with Gasteiger partial charge >= 0.3 is 0 Å². The van der Waals surface area contributed by atoms with E-state index in [1.165, 1.54) is 0 Å². The fourth-order valence-electron chi connectivity index (χ4n) is 1.15. The Balaban J connectivity index is 3.07. The van der Waals surface area contributed by atoms with Crippen molar-refractivity contribution in [3.8, 4) is 18.2 Å². The van der Waals surface area contributed by atoms with Gasteiger partial charge in [-0.05, 0) is 24.6 Å². The van der Waals surface area contributed by atoms with Crippen LogP contribution in [0.15, 0.2) is 35.5 Å². The topological polar surface area (TPSA) is 83.4 Å². The summed E-state index contributed by atoms with van der Waals surface area (Å²) < 4.78 is 0. The fourth-order valence-corrected chi connectivity index (χ4v) is 1.15. The maximum Gasteiger partial charge on any atom is 0.163 e. The van der Waals surface area contributed by atoms with Crippen LogP contribution >= 0.6 is 0 Å². The highest BCUT2D eigenvalue weighted by Gasteiger charge is 2.05. The normalized spacial score (nSPS) is 8.12. The average Bonchev–Trinajstić information content (AvgIpc) is 2.29. The van der Waals surface area contributed by atoms with Crippen molar-refractivity contribution in [2.45, 2.75) is 6.92 Å². The van der Waals surface area contributed by atoms with E-state index in [0.717, 1.165) is 5.56 Å². The van der Waals surface area contributed by atoms with E-state index in [1.807, 2.05) is 25.1 Å². The molecule has 1 aromatic rings. The van der Waals surface area contributed by atoms with Crippen molar-refractivity contribution in [1.82, 2.24) is 0 Å². The molecule has 0 radical (unpaired) electrons. The van der Waals surface area contributed by atoms with Crippen molar-refractivity contribution < 1.29 is 0 Å². The summed E-state index contributed by atoms with van der Waals surface area (Å²) in [5, 5.41) is 28.8. The molecule has 0 fully saturated rings. The van der Waals surface area contributed by atoms with Crippen molar-refractivity contribution in [2.75, 3.05) is 5.32 Å². The van der Waals surface area contributed by atoms with Crippen LogP contribution in [0, 0.1) is 40.9 Å². The minimum Gasteiger partial charge on any atom is -0.345 e. The van der Waals surface area contributed by atoms with Crippen molar-refractivity contribution in [2.24, 2.45) is 0 Å². The predicted molar refractivity (Wildman–Crippen MR) is 58.7 cm³/mol. The number of rotatable bonds is 2. The largest absolute Gasteiger partial charge is 0.345 e. The Morgan fingerprint density at radius 1 is 1.12 bits per heavy atom. The van der Waals surface area contributed by atoms with Gasteiger partial charge in [-0.15, -0.1) is 0 Å². The van der Waals surface area contributed by atoms with Gasteiger partial charge in [-0.25, -0.2) is 0 Å². The first-order valence-corrected chi connectivity index (χ1v) is 4.49. The number of hydrogen-bond donors (Lipinski definition) is 1. The van der Waals surface area contributed by atoms with Crippen molar-refractivity contribution in [3.63, 3.8) is 0 Å². The summed E-state index contributed by atoms with van der Waals surface area (Å²) in [5.41, 5.74) is 1.46. The summed E-state index contributed by atoms with van der Waals surface area (Å²) in [5.74, 6) is 0. The maximum absolute atomic E-state index is 8.82. The van der Waals surface area contributed by atoms with Gasteiger partial charge in [0.15, 0.2) is 5.57 Å². The van der Waals surface area contributed by atoms with E-state index in [-0.39, 0.29) is 11.3 Å². The molecule has 0 atom stereocenters. The Kier molecular flexibility index (Phi) is 3.67. The molecule has 1 aromatic carbocycles. The molecule has 4 nitrogen and oxygen atoms in total. The Bertz CT molecular complexity index is 534. The standard InChI is InChI=1S/C12H8N4/c1-9-3-2-4-11(5-9)16-12(8-15)10(6-13)7-14/h2-5,16H,1H3. The average molecular weight is 208 g/mol. The summed E-state index contributed by atoms with van der Waals surface area (Å²) in [6, 6.07) is 12.5. The molecule has 0 amide bonds. The molecular weight excluding hydrogens is 200 g/mol. The third kappa shape index (κ3) is 2.61. The number of anilines is 1. The van der Waals surface area contributed by atoms with Gasteiger partial charge in [0.2, 0.25) is 0 Å². The summed E-state index contributed by atoms with van der Waals surface area (Å²) in [6.07, 6.45) is 0. The fraction of sp³-hybridized carbons (Fsp3) is 0.0833. The first-order valence-electron chi connectivity index (χ1n) is 4.49. The molecule has 1 rings (SSSR count). The lowest BCUT2D eigenvalue weighted by molar-refractivity contribution is 1.36. The molecule has 0 aliphatic heterocycles. The Morgan fingerprint density at radius 3 is 2.31 bits per heavy atom. The van der Waals surface area contributed by atoms with Crippen LogP contribution < -0.4 is 5.32 Å². The molecule has 0 saturated carbocycles. The molecule has 0 unspecified atom stereocenters. The quantitative estimate of drug-likeness (QED) is 0.755. The smallest absolute Gasteiger partial charge is 0.163 e. The van der Waals surface area contributed by atoms with Crippen LogP contribution in [0.5, 0.6) is 0 Å². The molecule has 0 aromatic heterocycles. The molecule has 0 spiro atoms. The van der Waals surface area contributed by atoms with Gasteiger partial charge in [0.05, 0.1) is 0 Å². The van der Waals surface area contributed by atoms with Crippen LogP contribution in [-0.4, -0.2) is 0 Å². The van der Waals surface area contributed by atoms with Gasteiger partial charge < -0.3 is 5.32 Å². The van der Waals surface area contributed by atoms with Crippen LogP contribution in [0.1, 0.15) is 5.56 Å². The van der Waals surface area contributed by atoms with E-state index in [1.54, 1.807) is 24.3 Å². The SMILES string of the molecule is Cc1cccc(NC(C#N)=C(C#N)C#N)c1. The summed E-state index contributed by atoms with van der Waals surface area (Å²) in [4.78, 5) is 0. The van der Waals surface area contributed by atoms with Gasteiger partial charge in [0.1, 0.15) is 23.9 Å². The molecule has 0 bridgehead atoms. The molecule has 0 aliphatic rings. The number of aryl methyl sites for hydroxylation is 1. The lowest BCUT2D eigenvalue weighted by Gasteiger charge is -2.04. The molecule has 0 saturated heterocycles. The van der Waals surface area contributed by atoms with Crippen LogP contribution in [0.2, 0.25) is 0 Å². The highest BCUT2D eigenvalue weighted by atomic mass is 14.9. The molecule has 0 aliphatic carbocycles. The number of allylic oxidation sites excluding steroid dienone is 2. The second kappa shape index (κ2) is 5.20. The lowest BCUT2D eigenvalue weighted by Crippen LogP contribution is -2.00. The molecule has 0 heterocycles. The number of hydrogen-bond acceptors (Lipinski definition) is 4. The van der Waals surface area contributed by atoms with E-state index in [0.29, 0.717) is 5.69 Å². The lowest BCUT2D eigenvalue weighted by atomic mass is 10.2. The van der Waals surface area contributed by atoms with E-state index in [9.17, 15) is 0 Å². The van der Waals surface area contributed by atoms with Gasteiger partial charge in [-0.2, -0.15) is 15.8 Å². The second-order valence-electron chi connectivity index (χ2n) is 3.08. The Labute approximate surface area is 93.7 Å². The molecule has 16 heavy (non-hydrogen) atoms. The zero-order chi connectivity index (χ0) is 12.0. The highest BCUT2D eigenvalue weighted by Crippen LogP contribution is 2.13. The van der Waals surface area contributed by atoms with Crippen LogP contribution in [0.3, 0.4) is 0 Å². The number of benzene rings is 1. The van der Waals surface area contributed by atoms with E-state index < -0.39 is 0 Å². The summed E-state index contributed by atoms with van der Waals surface area (Å²) in [7, 11) is 0. The number of nitrogens with zero attached hydrogens (tertiary/aromatic N) is 3. The minimum atomic E-state index is -0.219. The van der Waals surface area contributed by atoms with E-state index >= 15 is 0 Å². The summed E-state index contributed by atoms with van der Waals surface area (Å²) >= 11 is 0. The predicted octanol–water partition coefficient (Wildman–Crippen LogP) is 2.23. The van der Waals surface area contributed by atoms with Crippen LogP contribution in [-0.2, 0) is 0 Å². The van der Waals surface area contributed by atoms with E-state index in [4.69, 9.17) is 15.8 Å². The van der Waals surface area contributed by atoms with Gasteiger partial charge in [-0.3, -0.25) is 0 Å². The Hall–Kier alpha value is -2.77. The molecule has 76 valence electrons. The second-order valence-corrected chi connectivity index (χ2v) is 3.08. The summed E-state index contributed by atoms with van der Waals surface area (Å²) in [6.45, 7) is 1.91. The highest BCUT2D eigenvalue weighted by molar-refractivity contribution is 5.58. The zero-order valence-corrected chi connectivity index (χ0v) is 8.65. The van der Waals surface area contributed by atoms with Crippen LogP contribution in [0.4, 0.5) is 5.69 Å². The molecule has 1 N–H and O–H groups in total. The third-order valence-electron chi connectivity index (χ3n) is 1.87. The first-order chi connectivity index (χ1) is 7.71. The van der Waals surface area contributed by atoms with E-state index in [2.05, 4.69) is 5.32 Å². The van der Waals surface area contributed by atoms with Gasteiger partial charge in [0.25, 0.3) is 0 Å². The van der Waals surface area contributed by atoms with Crippen LogP contribution in [0.25, 0.3) is 0 Å². The minimum absolute atomic E-state index is 0.0319. The number of nitriles is 3. The number of nitrogens with one attached hydrogen (secondary N) is 1. The van der Waals surface area contributed by atoms with Crippen molar-refractivity contribution in [3.05, 3.63) is 41.1 Å². The van der Waals surface area contributed by atoms with Gasteiger partial charge in [0, 0.05) is 5.69 Å². The molecular formula is C12H8N4. The first kappa shape index (κ1) is 11.3. The zero-order valence-electron chi connectivity index (χ0n) is 8.65. The maximum atomic E-state index is 8.82. The van der Waals surface area contributed by atoms with Crippen molar-refractivity contribution in [1.29, 1.82) is 15.8 Å².